The molecule has 1 heterocycles. The van der Waals surface area contributed by atoms with Gasteiger partial charge in [0, 0.05) is 5.75 Å². The summed E-state index contributed by atoms with van der Waals surface area (Å²) in [7, 11) is 0. The summed E-state index contributed by atoms with van der Waals surface area (Å²) in [6, 6.07) is 1.53. The van der Waals surface area contributed by atoms with E-state index >= 15 is 0 Å². The number of carbonyl (C=O) groups excluding carboxylic acids is 1. The van der Waals surface area contributed by atoms with Crippen LogP contribution in [0.3, 0.4) is 0 Å². The number of carboxylic acids is 1. The summed E-state index contributed by atoms with van der Waals surface area (Å²) in [5.41, 5.74) is -0.441. The molecular weight excluding hydrogens is 264 g/mol. The third-order valence-electron chi connectivity index (χ3n) is 2.59. The van der Waals surface area contributed by atoms with Gasteiger partial charge in [-0.3, -0.25) is 4.79 Å². The highest BCUT2D eigenvalue weighted by atomic mass is 32.2. The Morgan fingerprint density at radius 3 is 2.78 bits per heavy atom. The summed E-state index contributed by atoms with van der Waals surface area (Å²) in [6.07, 6.45) is 0. The second-order valence-corrected chi connectivity index (χ2v) is 4.75. The Morgan fingerprint density at radius 1 is 1.39 bits per heavy atom. The van der Waals surface area contributed by atoms with Crippen LogP contribution in [0.1, 0.15) is 10.4 Å². The number of carboxylic acid groups (broad SMARTS) is 1. The van der Waals surface area contributed by atoms with Gasteiger partial charge in [-0.05, 0) is 18.2 Å². The zero-order valence-corrected chi connectivity index (χ0v) is 9.92. The average molecular weight is 273 g/mol. The molecule has 0 spiro atoms. The molecule has 1 aliphatic heterocycles. The third kappa shape index (κ3) is 2.31. The van der Waals surface area contributed by atoms with Crippen molar-refractivity contribution in [3.8, 4) is 0 Å². The van der Waals surface area contributed by atoms with Crippen molar-refractivity contribution in [2.24, 2.45) is 0 Å². The van der Waals surface area contributed by atoms with Gasteiger partial charge in [-0.25, -0.2) is 13.6 Å². The standard InChI is InChI=1S/C11H9F2NO3S/c12-6-1-2-8(13)7(3-6)10(15)14-5-18-4-9(14)11(16)17/h1-3,9H,4-5H2,(H,16,17)/t9-/m0/s1. The van der Waals surface area contributed by atoms with E-state index in [1.54, 1.807) is 0 Å². The van der Waals surface area contributed by atoms with Crippen molar-refractivity contribution < 1.29 is 23.5 Å². The van der Waals surface area contributed by atoms with Crippen molar-refractivity contribution in [2.45, 2.75) is 6.04 Å². The maximum atomic E-state index is 13.4. The summed E-state index contributed by atoms with van der Waals surface area (Å²) < 4.78 is 26.4. The van der Waals surface area contributed by atoms with Gasteiger partial charge in [0.25, 0.3) is 5.91 Å². The van der Waals surface area contributed by atoms with Crippen LogP contribution in [0.25, 0.3) is 0 Å². The van der Waals surface area contributed by atoms with Gasteiger partial charge >= 0.3 is 5.97 Å². The van der Waals surface area contributed by atoms with Gasteiger partial charge in [0.2, 0.25) is 0 Å². The molecule has 96 valence electrons. The minimum atomic E-state index is -1.15. The molecule has 1 aromatic rings. The lowest BCUT2D eigenvalue weighted by Crippen LogP contribution is -2.42. The molecule has 0 unspecified atom stereocenters. The average Bonchev–Trinajstić information content (AvgIpc) is 2.80. The number of benzene rings is 1. The second kappa shape index (κ2) is 4.93. The molecule has 1 N–H and O–H groups in total. The van der Waals surface area contributed by atoms with Crippen LogP contribution in [-0.2, 0) is 4.79 Å². The molecule has 0 radical (unpaired) electrons. The van der Waals surface area contributed by atoms with Crippen LogP contribution in [0.2, 0.25) is 0 Å². The Kier molecular flexibility index (Phi) is 3.51. The summed E-state index contributed by atoms with van der Waals surface area (Å²) in [5, 5.41) is 8.93. The zero-order chi connectivity index (χ0) is 13.3. The Morgan fingerprint density at radius 2 is 2.11 bits per heavy atom. The number of carbonyl (C=O) groups is 2. The summed E-state index contributed by atoms with van der Waals surface area (Å²) in [6.45, 7) is 0. The van der Waals surface area contributed by atoms with Crippen LogP contribution in [-0.4, -0.2) is 39.6 Å². The monoisotopic (exact) mass is 273 g/mol. The lowest BCUT2D eigenvalue weighted by atomic mass is 10.1. The molecule has 1 amide bonds. The maximum Gasteiger partial charge on any atom is 0.327 e. The van der Waals surface area contributed by atoms with Crippen LogP contribution in [0.4, 0.5) is 8.78 Å². The first-order chi connectivity index (χ1) is 8.50. The number of aliphatic carboxylic acids is 1. The molecule has 1 aromatic carbocycles. The van der Waals surface area contributed by atoms with Crippen LogP contribution >= 0.6 is 11.8 Å². The summed E-state index contributed by atoms with van der Waals surface area (Å²) >= 11 is 1.26. The quantitative estimate of drug-likeness (QED) is 0.888. The molecule has 0 aromatic heterocycles. The molecule has 0 bridgehead atoms. The minimum absolute atomic E-state index is 0.158. The van der Waals surface area contributed by atoms with Gasteiger partial charge in [-0.15, -0.1) is 11.8 Å². The molecule has 7 heteroatoms. The largest absolute Gasteiger partial charge is 0.480 e. The van der Waals surface area contributed by atoms with Gasteiger partial charge in [-0.1, -0.05) is 0 Å². The smallest absolute Gasteiger partial charge is 0.327 e. The van der Waals surface area contributed by atoms with E-state index in [4.69, 9.17) is 5.11 Å². The molecule has 1 aliphatic rings. The number of hydrogen-bond acceptors (Lipinski definition) is 3. The number of hydrogen-bond donors (Lipinski definition) is 1. The number of halogens is 2. The van der Waals surface area contributed by atoms with Crippen LogP contribution < -0.4 is 0 Å². The SMILES string of the molecule is O=C(O)[C@@H]1CSCN1C(=O)c1cc(F)ccc1F. The maximum absolute atomic E-state index is 13.4. The molecule has 1 atom stereocenters. The van der Waals surface area contributed by atoms with Crippen molar-refractivity contribution in [3.63, 3.8) is 0 Å². The first-order valence-corrected chi connectivity index (χ1v) is 6.22. The summed E-state index contributed by atoms with van der Waals surface area (Å²) in [4.78, 5) is 23.9. The highest BCUT2D eigenvalue weighted by Gasteiger charge is 2.35. The van der Waals surface area contributed by atoms with Crippen LogP contribution in [0, 0.1) is 11.6 Å². The molecule has 0 aliphatic carbocycles. The van der Waals surface area contributed by atoms with E-state index in [-0.39, 0.29) is 11.6 Å². The van der Waals surface area contributed by atoms with Gasteiger partial charge in [-0.2, -0.15) is 0 Å². The predicted octanol–water partition coefficient (Wildman–Crippen LogP) is 1.56. The normalized spacial score (nSPS) is 19.0. The van der Waals surface area contributed by atoms with E-state index in [0.29, 0.717) is 0 Å². The molecule has 2 rings (SSSR count). The lowest BCUT2D eigenvalue weighted by Gasteiger charge is -2.20. The van der Waals surface area contributed by atoms with E-state index in [9.17, 15) is 18.4 Å². The van der Waals surface area contributed by atoms with E-state index in [1.807, 2.05) is 0 Å². The lowest BCUT2D eigenvalue weighted by molar-refractivity contribution is -0.140. The molecule has 0 saturated carbocycles. The number of amides is 1. The fourth-order valence-corrected chi connectivity index (χ4v) is 2.81. The van der Waals surface area contributed by atoms with Gasteiger partial charge in [0.05, 0.1) is 11.4 Å². The van der Waals surface area contributed by atoms with E-state index in [2.05, 4.69) is 0 Å². The van der Waals surface area contributed by atoms with E-state index in [0.717, 1.165) is 23.1 Å². The van der Waals surface area contributed by atoms with Gasteiger partial charge in [0.1, 0.15) is 17.7 Å². The Hall–Kier alpha value is -1.63. The van der Waals surface area contributed by atoms with Crippen molar-refractivity contribution in [2.75, 3.05) is 11.6 Å². The summed E-state index contributed by atoms with van der Waals surface area (Å²) in [5.74, 6) is -3.14. The zero-order valence-electron chi connectivity index (χ0n) is 9.10. The van der Waals surface area contributed by atoms with Gasteiger partial charge < -0.3 is 10.0 Å². The number of thioether (sulfide) groups is 1. The number of rotatable bonds is 2. The molecule has 1 fully saturated rings. The van der Waals surface area contributed by atoms with Crippen molar-refractivity contribution >= 4 is 23.6 Å². The number of nitrogens with zero attached hydrogens (tertiary/aromatic N) is 1. The fourth-order valence-electron chi connectivity index (χ4n) is 1.66. The van der Waals surface area contributed by atoms with Crippen LogP contribution in [0.15, 0.2) is 18.2 Å². The Bertz CT molecular complexity index is 509. The highest BCUT2D eigenvalue weighted by Crippen LogP contribution is 2.24. The van der Waals surface area contributed by atoms with Crippen molar-refractivity contribution in [1.82, 2.24) is 4.90 Å². The predicted molar refractivity (Wildman–Crippen MR) is 61.3 cm³/mol. The van der Waals surface area contributed by atoms with Crippen molar-refractivity contribution in [1.29, 1.82) is 0 Å². The fraction of sp³-hybridized carbons (Fsp3) is 0.273. The van der Waals surface area contributed by atoms with E-state index in [1.165, 1.54) is 11.8 Å². The molecule has 1 saturated heterocycles. The molecular formula is C11H9F2NO3S. The molecule has 4 nitrogen and oxygen atoms in total. The first-order valence-electron chi connectivity index (χ1n) is 5.07. The highest BCUT2D eigenvalue weighted by molar-refractivity contribution is 7.99. The van der Waals surface area contributed by atoms with Gasteiger partial charge in [0.15, 0.2) is 0 Å². The second-order valence-electron chi connectivity index (χ2n) is 3.75. The Balaban J connectivity index is 2.31. The third-order valence-corrected chi connectivity index (χ3v) is 3.60. The topological polar surface area (TPSA) is 57.6 Å². The first kappa shape index (κ1) is 12.8. The minimum Gasteiger partial charge on any atom is -0.480 e. The van der Waals surface area contributed by atoms with Crippen molar-refractivity contribution in [3.05, 3.63) is 35.4 Å². The van der Waals surface area contributed by atoms with Crippen LogP contribution in [0.5, 0.6) is 0 Å². The van der Waals surface area contributed by atoms with E-state index < -0.39 is 35.1 Å². The molecule has 18 heavy (non-hydrogen) atoms. The Labute approximate surface area is 106 Å².